The molecule has 1 aromatic rings. The second-order valence-corrected chi connectivity index (χ2v) is 4.58. The van der Waals surface area contributed by atoms with Gasteiger partial charge in [-0.05, 0) is 37.1 Å². The molecule has 18 heavy (non-hydrogen) atoms. The maximum absolute atomic E-state index is 11.3. The molecule has 2 rings (SSSR count). The van der Waals surface area contributed by atoms with E-state index in [-0.39, 0.29) is 6.54 Å². The van der Waals surface area contributed by atoms with Crippen LogP contribution in [0.5, 0.6) is 5.75 Å². The Kier molecular flexibility index (Phi) is 3.17. The van der Waals surface area contributed by atoms with E-state index in [4.69, 9.17) is 15.2 Å². The second kappa shape index (κ2) is 4.49. The monoisotopic (exact) mass is 250 g/mol. The van der Waals surface area contributed by atoms with Crippen molar-refractivity contribution in [1.82, 2.24) is 5.32 Å². The molecule has 1 atom stereocenters. The lowest BCUT2D eigenvalue weighted by molar-refractivity contribution is 0.0611. The number of rotatable bonds is 3. The van der Waals surface area contributed by atoms with Crippen LogP contribution in [0.2, 0.25) is 0 Å². The van der Waals surface area contributed by atoms with Gasteiger partial charge >= 0.3 is 6.09 Å². The predicted octanol–water partition coefficient (Wildman–Crippen LogP) is 1.21. The van der Waals surface area contributed by atoms with Gasteiger partial charge in [-0.2, -0.15) is 0 Å². The fraction of sp³-hybridized carbons (Fsp3) is 0.462. The van der Waals surface area contributed by atoms with Crippen molar-refractivity contribution >= 4 is 6.09 Å². The first-order chi connectivity index (χ1) is 8.52. The minimum atomic E-state index is -0.766. The number of aryl methyl sites for hydroxylation is 2. The molecule has 0 saturated carbocycles. The van der Waals surface area contributed by atoms with E-state index in [0.717, 1.165) is 22.4 Å². The Balaban J connectivity index is 2.50. The SMILES string of the molecule is COc1cc(C)c(C2(CN)CNC(=O)O2)cc1C. The molecule has 1 aliphatic heterocycles. The van der Waals surface area contributed by atoms with Crippen LogP contribution in [-0.4, -0.2) is 26.3 Å². The number of carbonyl (C=O) groups excluding carboxylic acids is 1. The quantitative estimate of drug-likeness (QED) is 0.845. The Hall–Kier alpha value is -1.75. The van der Waals surface area contributed by atoms with Crippen molar-refractivity contribution in [3.8, 4) is 5.75 Å². The van der Waals surface area contributed by atoms with Crippen LogP contribution in [0.25, 0.3) is 0 Å². The maximum Gasteiger partial charge on any atom is 0.408 e. The number of hydrogen-bond donors (Lipinski definition) is 2. The summed E-state index contributed by atoms with van der Waals surface area (Å²) in [7, 11) is 1.64. The number of carbonyl (C=O) groups is 1. The lowest BCUT2D eigenvalue weighted by atomic mass is 9.89. The smallest absolute Gasteiger partial charge is 0.408 e. The largest absolute Gasteiger partial charge is 0.496 e. The summed E-state index contributed by atoms with van der Waals surface area (Å²) in [5, 5.41) is 2.66. The zero-order chi connectivity index (χ0) is 13.3. The molecule has 0 radical (unpaired) electrons. The summed E-state index contributed by atoms with van der Waals surface area (Å²) in [5.74, 6) is 0.820. The molecule has 0 aromatic heterocycles. The Labute approximate surface area is 106 Å². The Bertz CT molecular complexity index is 487. The maximum atomic E-state index is 11.3. The number of benzene rings is 1. The predicted molar refractivity (Wildman–Crippen MR) is 67.7 cm³/mol. The first kappa shape index (κ1) is 12.7. The van der Waals surface area contributed by atoms with Gasteiger partial charge in [-0.25, -0.2) is 4.79 Å². The van der Waals surface area contributed by atoms with Gasteiger partial charge in [0.2, 0.25) is 0 Å². The molecular weight excluding hydrogens is 232 g/mol. The van der Waals surface area contributed by atoms with Crippen LogP contribution in [-0.2, 0) is 10.3 Å². The minimum absolute atomic E-state index is 0.248. The molecule has 1 saturated heterocycles. The molecule has 3 N–H and O–H groups in total. The molecule has 1 amide bonds. The van der Waals surface area contributed by atoms with Crippen LogP contribution in [0.1, 0.15) is 16.7 Å². The van der Waals surface area contributed by atoms with E-state index in [2.05, 4.69) is 5.32 Å². The molecule has 0 aliphatic carbocycles. The molecule has 1 aliphatic rings. The average Bonchev–Trinajstić information content (AvgIpc) is 2.74. The third kappa shape index (κ3) is 1.90. The van der Waals surface area contributed by atoms with Crippen LogP contribution < -0.4 is 15.8 Å². The van der Waals surface area contributed by atoms with E-state index in [0.29, 0.717) is 6.54 Å². The average molecular weight is 250 g/mol. The van der Waals surface area contributed by atoms with E-state index in [1.54, 1.807) is 7.11 Å². The summed E-state index contributed by atoms with van der Waals surface area (Å²) >= 11 is 0. The van der Waals surface area contributed by atoms with Crippen molar-refractivity contribution in [2.45, 2.75) is 19.4 Å². The van der Waals surface area contributed by atoms with E-state index < -0.39 is 11.7 Å². The first-order valence-electron chi connectivity index (χ1n) is 5.85. The van der Waals surface area contributed by atoms with Gasteiger partial charge in [-0.15, -0.1) is 0 Å². The van der Waals surface area contributed by atoms with Crippen LogP contribution >= 0.6 is 0 Å². The molecule has 1 fully saturated rings. The van der Waals surface area contributed by atoms with Gasteiger partial charge in [0, 0.05) is 12.1 Å². The van der Waals surface area contributed by atoms with Gasteiger partial charge in [-0.3, -0.25) is 0 Å². The van der Waals surface area contributed by atoms with Crippen molar-refractivity contribution in [2.75, 3.05) is 20.2 Å². The highest BCUT2D eigenvalue weighted by Gasteiger charge is 2.42. The Morgan fingerprint density at radius 1 is 1.44 bits per heavy atom. The van der Waals surface area contributed by atoms with Gasteiger partial charge < -0.3 is 20.5 Å². The third-order valence-corrected chi connectivity index (χ3v) is 3.37. The molecule has 98 valence electrons. The van der Waals surface area contributed by atoms with E-state index in [1.807, 2.05) is 26.0 Å². The second-order valence-electron chi connectivity index (χ2n) is 4.58. The molecule has 1 aromatic carbocycles. The minimum Gasteiger partial charge on any atom is -0.496 e. The summed E-state index contributed by atoms with van der Waals surface area (Å²) in [5.41, 5.74) is 7.96. The zero-order valence-electron chi connectivity index (χ0n) is 10.9. The van der Waals surface area contributed by atoms with Gasteiger partial charge in [0.25, 0.3) is 0 Å². The Morgan fingerprint density at radius 3 is 2.67 bits per heavy atom. The van der Waals surface area contributed by atoms with E-state index >= 15 is 0 Å². The highest BCUT2D eigenvalue weighted by Crippen LogP contribution is 2.34. The van der Waals surface area contributed by atoms with Crippen molar-refractivity contribution in [2.24, 2.45) is 5.73 Å². The normalized spacial score (nSPS) is 22.6. The highest BCUT2D eigenvalue weighted by atomic mass is 16.6. The number of alkyl carbamates (subject to hydrolysis) is 1. The van der Waals surface area contributed by atoms with Crippen LogP contribution in [0.3, 0.4) is 0 Å². The van der Waals surface area contributed by atoms with Crippen LogP contribution in [0.4, 0.5) is 4.79 Å². The lowest BCUT2D eigenvalue weighted by Gasteiger charge is -2.27. The molecule has 1 heterocycles. The zero-order valence-corrected chi connectivity index (χ0v) is 10.9. The standard InChI is InChI=1S/C13H18N2O3/c1-8-5-11(17-3)9(2)4-10(8)13(6-14)7-15-12(16)18-13/h4-5H,6-7,14H2,1-3H3,(H,15,16). The van der Waals surface area contributed by atoms with Crippen molar-refractivity contribution < 1.29 is 14.3 Å². The number of nitrogens with two attached hydrogens (primary N) is 1. The van der Waals surface area contributed by atoms with Crippen molar-refractivity contribution in [1.29, 1.82) is 0 Å². The van der Waals surface area contributed by atoms with Gasteiger partial charge in [0.15, 0.2) is 5.60 Å². The number of hydrogen-bond acceptors (Lipinski definition) is 4. The summed E-state index contributed by atoms with van der Waals surface area (Å²) in [6.07, 6.45) is -0.423. The number of methoxy groups -OCH3 is 1. The van der Waals surface area contributed by atoms with Gasteiger partial charge in [-0.1, -0.05) is 0 Å². The van der Waals surface area contributed by atoms with Crippen LogP contribution in [0.15, 0.2) is 12.1 Å². The fourth-order valence-corrected chi connectivity index (χ4v) is 2.34. The molecular formula is C13H18N2O3. The number of nitrogens with one attached hydrogen (secondary N) is 1. The molecule has 5 nitrogen and oxygen atoms in total. The van der Waals surface area contributed by atoms with E-state index in [9.17, 15) is 4.79 Å². The van der Waals surface area contributed by atoms with Crippen molar-refractivity contribution in [3.63, 3.8) is 0 Å². The number of ether oxygens (including phenoxy) is 2. The molecule has 0 spiro atoms. The summed E-state index contributed by atoms with van der Waals surface area (Å²) < 4.78 is 10.7. The first-order valence-corrected chi connectivity index (χ1v) is 5.85. The molecule has 0 bridgehead atoms. The molecule has 5 heteroatoms. The summed E-state index contributed by atoms with van der Waals surface area (Å²) in [4.78, 5) is 11.3. The molecule has 1 unspecified atom stereocenters. The van der Waals surface area contributed by atoms with E-state index in [1.165, 1.54) is 0 Å². The summed E-state index contributed by atoms with van der Waals surface area (Å²) in [6, 6.07) is 3.91. The fourth-order valence-electron chi connectivity index (χ4n) is 2.34. The Morgan fingerprint density at radius 2 is 2.17 bits per heavy atom. The van der Waals surface area contributed by atoms with Crippen LogP contribution in [0, 0.1) is 13.8 Å². The van der Waals surface area contributed by atoms with Gasteiger partial charge in [0.05, 0.1) is 13.7 Å². The topological polar surface area (TPSA) is 73.6 Å². The highest BCUT2D eigenvalue weighted by molar-refractivity contribution is 5.71. The third-order valence-electron chi connectivity index (χ3n) is 3.37. The van der Waals surface area contributed by atoms with Gasteiger partial charge in [0.1, 0.15) is 5.75 Å². The lowest BCUT2D eigenvalue weighted by Crippen LogP contribution is -2.39. The van der Waals surface area contributed by atoms with Crippen molar-refractivity contribution in [3.05, 3.63) is 28.8 Å². The number of amides is 1. The number of cyclic esters (lactones) is 1. The summed E-state index contributed by atoms with van der Waals surface area (Å²) in [6.45, 7) is 4.56.